The van der Waals surface area contributed by atoms with Gasteiger partial charge in [0.1, 0.15) is 17.2 Å². The lowest BCUT2D eigenvalue weighted by atomic mass is 9.76. The number of aliphatic hydroxyl groups is 1. The molecule has 0 amide bonds. The van der Waals surface area contributed by atoms with Gasteiger partial charge in [-0.2, -0.15) is 0 Å². The first-order valence-corrected chi connectivity index (χ1v) is 7.36. The highest BCUT2D eigenvalue weighted by atomic mass is 16.5. The highest BCUT2D eigenvalue weighted by Crippen LogP contribution is 2.46. The lowest BCUT2D eigenvalue weighted by molar-refractivity contribution is 0.137. The quantitative estimate of drug-likeness (QED) is 0.915. The van der Waals surface area contributed by atoms with E-state index in [4.69, 9.17) is 9.47 Å². The van der Waals surface area contributed by atoms with Gasteiger partial charge < -0.3 is 19.7 Å². The van der Waals surface area contributed by atoms with Crippen LogP contribution in [0.5, 0.6) is 17.2 Å². The van der Waals surface area contributed by atoms with Crippen LogP contribution in [0, 0.1) is 0 Å². The standard InChI is InChI=1S/C18H20O4/c1-21-12-9-15(20)18(16(10-12)22-2)17-13-6-4-3-5-11(13)7-8-14(17)19/h3-6,9-10,14,17,19-20H,7-8H2,1-2H3/t14-,17-/m1/s1. The van der Waals surface area contributed by atoms with Crippen molar-refractivity contribution in [3.63, 3.8) is 0 Å². The van der Waals surface area contributed by atoms with Crippen molar-refractivity contribution in [1.82, 2.24) is 0 Å². The molecular formula is C18H20O4. The number of aromatic hydroxyl groups is 1. The first kappa shape index (κ1) is 14.7. The molecule has 2 aromatic carbocycles. The Morgan fingerprint density at radius 2 is 1.86 bits per heavy atom. The minimum Gasteiger partial charge on any atom is -0.507 e. The number of ether oxygens (including phenoxy) is 2. The Hall–Kier alpha value is -2.20. The van der Waals surface area contributed by atoms with E-state index in [1.54, 1.807) is 26.4 Å². The molecule has 1 aliphatic carbocycles. The molecule has 4 nitrogen and oxygen atoms in total. The number of rotatable bonds is 3. The third-order valence-electron chi connectivity index (χ3n) is 4.34. The number of benzene rings is 2. The maximum Gasteiger partial charge on any atom is 0.130 e. The molecule has 4 heteroatoms. The van der Waals surface area contributed by atoms with Gasteiger partial charge in [0.25, 0.3) is 0 Å². The van der Waals surface area contributed by atoms with Crippen molar-refractivity contribution in [3.8, 4) is 17.2 Å². The minimum atomic E-state index is -0.553. The normalized spacial score (nSPS) is 20.3. The number of aryl methyl sites for hydroxylation is 1. The molecule has 2 atom stereocenters. The summed E-state index contributed by atoms with van der Waals surface area (Å²) in [7, 11) is 3.09. The molecule has 0 fully saturated rings. The van der Waals surface area contributed by atoms with E-state index in [9.17, 15) is 10.2 Å². The van der Waals surface area contributed by atoms with Gasteiger partial charge in [-0.25, -0.2) is 0 Å². The zero-order chi connectivity index (χ0) is 15.7. The molecule has 2 aromatic rings. The summed E-state index contributed by atoms with van der Waals surface area (Å²) in [5.74, 6) is 0.831. The molecule has 0 aromatic heterocycles. The number of hydrogen-bond donors (Lipinski definition) is 2. The van der Waals surface area contributed by atoms with Crippen LogP contribution >= 0.6 is 0 Å². The molecule has 2 N–H and O–H groups in total. The predicted molar refractivity (Wildman–Crippen MR) is 83.8 cm³/mol. The molecule has 22 heavy (non-hydrogen) atoms. The molecule has 0 radical (unpaired) electrons. The summed E-state index contributed by atoms with van der Waals surface area (Å²) in [5.41, 5.74) is 2.86. The summed E-state index contributed by atoms with van der Waals surface area (Å²) in [6.45, 7) is 0. The molecule has 0 heterocycles. The number of aliphatic hydroxyl groups excluding tert-OH is 1. The van der Waals surface area contributed by atoms with Crippen molar-refractivity contribution < 1.29 is 19.7 Å². The van der Waals surface area contributed by atoms with Crippen LogP contribution in [-0.2, 0) is 6.42 Å². The Labute approximate surface area is 129 Å². The second-order valence-corrected chi connectivity index (χ2v) is 5.54. The Kier molecular flexibility index (Phi) is 3.94. The average Bonchev–Trinajstić information content (AvgIpc) is 2.55. The molecule has 3 rings (SSSR count). The zero-order valence-electron chi connectivity index (χ0n) is 12.7. The van der Waals surface area contributed by atoms with Gasteiger partial charge in [-0.05, 0) is 24.0 Å². The maximum atomic E-state index is 10.5. The summed E-state index contributed by atoms with van der Waals surface area (Å²) in [4.78, 5) is 0. The monoisotopic (exact) mass is 300 g/mol. The Balaban J connectivity index is 2.18. The fourth-order valence-corrected chi connectivity index (χ4v) is 3.28. The van der Waals surface area contributed by atoms with Gasteiger partial charge in [0.05, 0.1) is 20.3 Å². The SMILES string of the molecule is COc1cc(O)c([C@@H]2c3ccccc3CC[C@H]2O)c(OC)c1. The smallest absolute Gasteiger partial charge is 0.130 e. The van der Waals surface area contributed by atoms with Gasteiger partial charge in [-0.3, -0.25) is 0 Å². The van der Waals surface area contributed by atoms with Crippen LogP contribution < -0.4 is 9.47 Å². The van der Waals surface area contributed by atoms with Gasteiger partial charge in [0, 0.05) is 23.6 Å². The van der Waals surface area contributed by atoms with E-state index in [1.165, 1.54) is 5.56 Å². The summed E-state index contributed by atoms with van der Waals surface area (Å²) < 4.78 is 10.6. The fourth-order valence-electron chi connectivity index (χ4n) is 3.28. The Morgan fingerprint density at radius 1 is 1.09 bits per heavy atom. The van der Waals surface area contributed by atoms with Crippen molar-refractivity contribution in [3.05, 3.63) is 53.1 Å². The first-order valence-electron chi connectivity index (χ1n) is 7.36. The number of phenols is 1. The van der Waals surface area contributed by atoms with E-state index in [-0.39, 0.29) is 11.7 Å². The van der Waals surface area contributed by atoms with E-state index in [0.29, 0.717) is 23.5 Å². The number of hydrogen-bond acceptors (Lipinski definition) is 4. The van der Waals surface area contributed by atoms with Crippen LogP contribution in [0.1, 0.15) is 29.0 Å². The molecule has 116 valence electrons. The number of methoxy groups -OCH3 is 2. The molecule has 0 aliphatic heterocycles. The Morgan fingerprint density at radius 3 is 2.59 bits per heavy atom. The first-order chi connectivity index (χ1) is 10.7. The van der Waals surface area contributed by atoms with Crippen LogP contribution in [0.4, 0.5) is 0 Å². The fraction of sp³-hybridized carbons (Fsp3) is 0.333. The minimum absolute atomic E-state index is 0.0805. The summed E-state index contributed by atoms with van der Waals surface area (Å²) >= 11 is 0. The molecule has 0 saturated heterocycles. The Bertz CT molecular complexity index is 681. The van der Waals surface area contributed by atoms with Crippen LogP contribution in [0.2, 0.25) is 0 Å². The van der Waals surface area contributed by atoms with Crippen molar-refractivity contribution >= 4 is 0 Å². The second-order valence-electron chi connectivity index (χ2n) is 5.54. The molecule has 0 bridgehead atoms. The van der Waals surface area contributed by atoms with Crippen molar-refractivity contribution in [2.24, 2.45) is 0 Å². The largest absolute Gasteiger partial charge is 0.507 e. The molecule has 0 unspecified atom stereocenters. The topological polar surface area (TPSA) is 58.9 Å². The lowest BCUT2D eigenvalue weighted by Gasteiger charge is -2.32. The highest BCUT2D eigenvalue weighted by Gasteiger charge is 2.33. The lowest BCUT2D eigenvalue weighted by Crippen LogP contribution is -2.26. The molecule has 0 saturated carbocycles. The van der Waals surface area contributed by atoms with Gasteiger partial charge >= 0.3 is 0 Å². The molecule has 1 aliphatic rings. The van der Waals surface area contributed by atoms with Crippen molar-refractivity contribution in [2.75, 3.05) is 14.2 Å². The van der Waals surface area contributed by atoms with Gasteiger partial charge in [0.2, 0.25) is 0 Å². The van der Waals surface area contributed by atoms with Crippen molar-refractivity contribution in [2.45, 2.75) is 24.9 Å². The third kappa shape index (κ3) is 2.40. The summed E-state index contributed by atoms with van der Waals surface area (Å²) in [6, 6.07) is 11.3. The predicted octanol–water partition coefficient (Wildman–Crippen LogP) is 2.85. The van der Waals surface area contributed by atoms with Crippen LogP contribution in [0.15, 0.2) is 36.4 Å². The second kappa shape index (κ2) is 5.89. The van der Waals surface area contributed by atoms with Crippen LogP contribution in [-0.4, -0.2) is 30.5 Å². The summed E-state index contributed by atoms with van der Waals surface area (Å²) in [6.07, 6.45) is 0.951. The van der Waals surface area contributed by atoms with Gasteiger partial charge in [0.15, 0.2) is 0 Å². The van der Waals surface area contributed by atoms with E-state index >= 15 is 0 Å². The maximum absolute atomic E-state index is 10.5. The van der Waals surface area contributed by atoms with E-state index in [0.717, 1.165) is 12.0 Å². The van der Waals surface area contributed by atoms with Gasteiger partial charge in [-0.1, -0.05) is 24.3 Å². The zero-order valence-corrected chi connectivity index (χ0v) is 12.7. The molecule has 0 spiro atoms. The van der Waals surface area contributed by atoms with E-state index in [1.807, 2.05) is 18.2 Å². The highest BCUT2D eigenvalue weighted by molar-refractivity contribution is 5.56. The van der Waals surface area contributed by atoms with Gasteiger partial charge in [-0.15, -0.1) is 0 Å². The average molecular weight is 300 g/mol. The van der Waals surface area contributed by atoms with Crippen LogP contribution in [0.3, 0.4) is 0 Å². The third-order valence-corrected chi connectivity index (χ3v) is 4.34. The summed E-state index contributed by atoms with van der Waals surface area (Å²) in [5, 5.41) is 21.0. The van der Waals surface area contributed by atoms with E-state index < -0.39 is 6.10 Å². The van der Waals surface area contributed by atoms with Crippen LogP contribution in [0.25, 0.3) is 0 Å². The number of fused-ring (bicyclic) bond motifs is 1. The van der Waals surface area contributed by atoms with E-state index in [2.05, 4.69) is 6.07 Å². The van der Waals surface area contributed by atoms with Crippen molar-refractivity contribution in [1.29, 1.82) is 0 Å². The molecular weight excluding hydrogens is 280 g/mol. The number of phenolic OH excluding ortho intramolecular Hbond substituents is 1.